The van der Waals surface area contributed by atoms with E-state index in [1.54, 1.807) is 0 Å². The van der Waals surface area contributed by atoms with Crippen molar-refractivity contribution in [1.29, 1.82) is 0 Å². The first-order chi connectivity index (χ1) is 12.0. The van der Waals surface area contributed by atoms with E-state index in [-0.39, 0.29) is 29.7 Å². The van der Waals surface area contributed by atoms with E-state index >= 15 is 0 Å². The second-order valence-corrected chi connectivity index (χ2v) is 8.75. The lowest BCUT2D eigenvalue weighted by atomic mass is 9.80. The molecule has 0 N–H and O–H groups in total. The summed E-state index contributed by atoms with van der Waals surface area (Å²) in [5.74, 6) is 0.308. The number of carbonyl (C=O) groups is 1. The Bertz CT molecular complexity index is 555. The molecule has 3 aliphatic heterocycles. The summed E-state index contributed by atoms with van der Waals surface area (Å²) in [4.78, 5) is 17.5. The highest BCUT2D eigenvalue weighted by atomic mass is 16.6. The molecule has 4 rings (SSSR count). The Labute approximate surface area is 151 Å². The van der Waals surface area contributed by atoms with E-state index in [0.29, 0.717) is 5.92 Å². The maximum absolute atomic E-state index is 12.7. The van der Waals surface area contributed by atoms with Crippen LogP contribution in [0.25, 0.3) is 0 Å². The number of fused-ring (bicyclic) bond motifs is 3. The van der Waals surface area contributed by atoms with Gasteiger partial charge < -0.3 is 14.4 Å². The third-order valence-corrected chi connectivity index (χ3v) is 6.79. The van der Waals surface area contributed by atoms with Crippen LogP contribution in [-0.4, -0.2) is 73.3 Å². The van der Waals surface area contributed by atoms with Gasteiger partial charge in [0.15, 0.2) is 0 Å². The van der Waals surface area contributed by atoms with Crippen molar-refractivity contribution in [2.45, 2.75) is 57.3 Å². The highest BCUT2D eigenvalue weighted by Crippen LogP contribution is 2.50. The van der Waals surface area contributed by atoms with Crippen LogP contribution < -0.4 is 0 Å². The zero-order valence-corrected chi connectivity index (χ0v) is 15.9. The van der Waals surface area contributed by atoms with Gasteiger partial charge in [0.2, 0.25) is 0 Å². The van der Waals surface area contributed by atoms with Crippen molar-refractivity contribution < 1.29 is 14.3 Å². The minimum absolute atomic E-state index is 0.00709. The van der Waals surface area contributed by atoms with Crippen LogP contribution in [0.3, 0.4) is 0 Å². The molecule has 4 aliphatic rings. The van der Waals surface area contributed by atoms with Gasteiger partial charge in [-0.1, -0.05) is 11.6 Å². The summed E-state index contributed by atoms with van der Waals surface area (Å²) in [5, 5.41) is 0. The number of hydrogen-bond acceptors (Lipinski definition) is 5. The lowest BCUT2D eigenvalue weighted by Gasteiger charge is -2.34. The van der Waals surface area contributed by atoms with E-state index in [0.717, 1.165) is 58.4 Å². The molecular formula is C20H32N2O3. The van der Waals surface area contributed by atoms with Crippen LogP contribution in [0, 0.1) is 11.8 Å². The molecule has 5 atom stereocenters. The lowest BCUT2D eigenvalue weighted by molar-refractivity contribution is -0.145. The van der Waals surface area contributed by atoms with E-state index in [4.69, 9.17) is 9.47 Å². The molecule has 3 heterocycles. The van der Waals surface area contributed by atoms with Crippen LogP contribution in [0.5, 0.6) is 0 Å². The Hall–Kier alpha value is -0.910. The number of carbonyl (C=O) groups excluding carboxylic acids is 1. The molecule has 0 aromatic heterocycles. The topological polar surface area (TPSA) is 45.3 Å². The number of epoxide rings is 1. The number of likely N-dealkylation sites (N-methyl/N-ethyl adjacent to an activating group) is 1. The average Bonchev–Trinajstić information content (AvgIpc) is 3.15. The van der Waals surface area contributed by atoms with Gasteiger partial charge in [0.1, 0.15) is 12.2 Å². The van der Waals surface area contributed by atoms with Gasteiger partial charge in [0.25, 0.3) is 0 Å². The molecule has 0 radical (unpaired) electrons. The molecule has 0 aromatic rings. The molecule has 3 saturated heterocycles. The van der Waals surface area contributed by atoms with Crippen molar-refractivity contribution in [1.82, 2.24) is 9.80 Å². The van der Waals surface area contributed by atoms with E-state index in [9.17, 15) is 4.79 Å². The highest BCUT2D eigenvalue weighted by molar-refractivity contribution is 5.75. The predicted molar refractivity (Wildman–Crippen MR) is 96.3 cm³/mol. The monoisotopic (exact) mass is 348 g/mol. The first-order valence-electron chi connectivity index (χ1n) is 9.91. The molecule has 0 aromatic carbocycles. The summed E-state index contributed by atoms with van der Waals surface area (Å²) < 4.78 is 12.0. The number of esters is 1. The van der Waals surface area contributed by atoms with Crippen LogP contribution in [-0.2, 0) is 14.3 Å². The van der Waals surface area contributed by atoms with Gasteiger partial charge in [0, 0.05) is 38.6 Å². The number of allylic oxidation sites excluding steroid dienone is 2. The fourth-order valence-electron chi connectivity index (χ4n) is 4.86. The Balaban J connectivity index is 1.49. The quantitative estimate of drug-likeness (QED) is 0.434. The molecular weight excluding hydrogens is 316 g/mol. The molecule has 1 aliphatic carbocycles. The van der Waals surface area contributed by atoms with Crippen molar-refractivity contribution in [3.8, 4) is 0 Å². The standard InChI is InChI=1S/C20H32N2O3/c1-14-5-4-8-20(2)18(25-20)17-15(7-6-14)16(19(23)24-17)13-22-11-9-21(3)10-12-22/h5,15-18H,4,6-13H2,1-3H3/t15-,16-,17-,18-,20+/m0/s1. The molecule has 0 saturated carbocycles. The molecule has 0 unspecified atom stereocenters. The van der Waals surface area contributed by atoms with Crippen molar-refractivity contribution in [2.75, 3.05) is 39.8 Å². The zero-order valence-electron chi connectivity index (χ0n) is 15.9. The van der Waals surface area contributed by atoms with E-state index < -0.39 is 0 Å². The molecule has 0 amide bonds. The van der Waals surface area contributed by atoms with Gasteiger partial charge in [-0.15, -0.1) is 0 Å². The SMILES string of the molecule is CC1=CCC[C@@]2(C)O[C@H]2[C@H]2OC(=O)[C@@H](CN3CCN(C)CC3)[C@@H]2CC1. The molecule has 0 spiro atoms. The predicted octanol–water partition coefficient (Wildman–Crippen LogP) is 2.07. The van der Waals surface area contributed by atoms with Crippen LogP contribution in [0.1, 0.15) is 39.5 Å². The molecule has 0 bridgehead atoms. The fourth-order valence-corrected chi connectivity index (χ4v) is 4.86. The summed E-state index contributed by atoms with van der Waals surface area (Å²) in [5.41, 5.74) is 1.35. The van der Waals surface area contributed by atoms with Gasteiger partial charge in [0.05, 0.1) is 11.5 Å². The van der Waals surface area contributed by atoms with Gasteiger partial charge in [-0.05, 0) is 46.6 Å². The summed E-state index contributed by atoms with van der Waals surface area (Å²) >= 11 is 0. The molecule has 140 valence electrons. The van der Waals surface area contributed by atoms with E-state index in [1.165, 1.54) is 5.57 Å². The molecule has 3 fully saturated rings. The van der Waals surface area contributed by atoms with Crippen LogP contribution in [0.2, 0.25) is 0 Å². The third-order valence-electron chi connectivity index (χ3n) is 6.79. The fraction of sp³-hybridized carbons (Fsp3) is 0.850. The minimum atomic E-state index is -0.0972. The summed E-state index contributed by atoms with van der Waals surface area (Å²) in [6.07, 6.45) is 6.62. The Morgan fingerprint density at radius 3 is 2.80 bits per heavy atom. The normalized spacial score (nSPS) is 43.0. The van der Waals surface area contributed by atoms with Crippen molar-refractivity contribution >= 4 is 5.97 Å². The summed E-state index contributed by atoms with van der Waals surface area (Å²) in [6.45, 7) is 9.52. The second kappa shape index (κ2) is 6.67. The van der Waals surface area contributed by atoms with Gasteiger partial charge in [-0.25, -0.2) is 0 Å². The van der Waals surface area contributed by atoms with Crippen molar-refractivity contribution in [3.05, 3.63) is 11.6 Å². The third kappa shape index (κ3) is 3.51. The number of hydrogen-bond donors (Lipinski definition) is 0. The van der Waals surface area contributed by atoms with Crippen molar-refractivity contribution in [3.63, 3.8) is 0 Å². The number of ether oxygens (including phenoxy) is 2. The van der Waals surface area contributed by atoms with E-state index in [2.05, 4.69) is 36.8 Å². The molecule has 5 nitrogen and oxygen atoms in total. The molecule has 25 heavy (non-hydrogen) atoms. The Kier molecular flexibility index (Phi) is 4.67. The second-order valence-electron chi connectivity index (χ2n) is 8.75. The average molecular weight is 348 g/mol. The summed E-state index contributed by atoms with van der Waals surface area (Å²) in [7, 11) is 2.17. The van der Waals surface area contributed by atoms with Crippen LogP contribution in [0.4, 0.5) is 0 Å². The number of piperazine rings is 1. The summed E-state index contributed by atoms with van der Waals surface area (Å²) in [6, 6.07) is 0. The van der Waals surface area contributed by atoms with Gasteiger partial charge in [-0.2, -0.15) is 0 Å². The van der Waals surface area contributed by atoms with Gasteiger partial charge >= 0.3 is 5.97 Å². The minimum Gasteiger partial charge on any atom is -0.459 e. The highest BCUT2D eigenvalue weighted by Gasteiger charge is 2.62. The maximum Gasteiger partial charge on any atom is 0.311 e. The Morgan fingerprint density at radius 1 is 1.28 bits per heavy atom. The molecule has 5 heteroatoms. The van der Waals surface area contributed by atoms with Crippen molar-refractivity contribution in [2.24, 2.45) is 11.8 Å². The largest absolute Gasteiger partial charge is 0.459 e. The maximum atomic E-state index is 12.7. The first kappa shape index (κ1) is 17.5. The van der Waals surface area contributed by atoms with E-state index in [1.807, 2.05) is 0 Å². The lowest BCUT2D eigenvalue weighted by Crippen LogP contribution is -2.47. The smallest absolute Gasteiger partial charge is 0.311 e. The number of rotatable bonds is 2. The zero-order chi connectivity index (χ0) is 17.6. The number of nitrogens with zero attached hydrogens (tertiary/aromatic N) is 2. The van der Waals surface area contributed by atoms with Crippen LogP contribution in [0.15, 0.2) is 11.6 Å². The van der Waals surface area contributed by atoms with Crippen LogP contribution >= 0.6 is 0 Å². The Morgan fingerprint density at radius 2 is 2.04 bits per heavy atom. The van der Waals surface area contributed by atoms with Gasteiger partial charge in [-0.3, -0.25) is 9.69 Å². The first-order valence-corrected chi connectivity index (χ1v) is 9.91.